The molecule has 0 spiro atoms. The van der Waals surface area contributed by atoms with Crippen molar-refractivity contribution in [3.05, 3.63) is 23.8 Å². The van der Waals surface area contributed by atoms with Crippen LogP contribution in [0.3, 0.4) is 0 Å². The average molecular weight is 258 g/mol. The van der Waals surface area contributed by atoms with Crippen molar-refractivity contribution in [3.63, 3.8) is 0 Å². The number of anilines is 2. The molecule has 3 nitrogen and oxygen atoms in total. The minimum absolute atomic E-state index is 0.267. The molecule has 0 aromatic heterocycles. The molecule has 1 amide bonds. The molecule has 0 saturated heterocycles. The van der Waals surface area contributed by atoms with E-state index < -0.39 is 0 Å². The number of hydrogen-bond donors (Lipinski definition) is 1. The Hall–Kier alpha value is -1.51. The van der Waals surface area contributed by atoms with E-state index in [1.807, 2.05) is 17.0 Å². The van der Waals surface area contributed by atoms with E-state index in [4.69, 9.17) is 5.73 Å². The lowest BCUT2D eigenvalue weighted by Crippen LogP contribution is -2.31. The molecule has 1 aliphatic heterocycles. The smallest absolute Gasteiger partial charge is 0.227 e. The zero-order valence-corrected chi connectivity index (χ0v) is 11.4. The Morgan fingerprint density at radius 3 is 2.84 bits per heavy atom. The molecule has 2 N–H and O–H groups in total. The van der Waals surface area contributed by atoms with Crippen LogP contribution in [0.1, 0.15) is 44.1 Å². The highest BCUT2D eigenvalue weighted by Gasteiger charge is 2.28. The second-order valence-corrected chi connectivity index (χ2v) is 5.86. The molecule has 102 valence electrons. The Morgan fingerprint density at radius 1 is 1.26 bits per heavy atom. The third kappa shape index (κ3) is 2.46. The summed E-state index contributed by atoms with van der Waals surface area (Å²) in [6.45, 7) is 0.801. The largest absolute Gasteiger partial charge is 0.397 e. The third-order valence-electron chi connectivity index (χ3n) is 4.51. The van der Waals surface area contributed by atoms with Gasteiger partial charge in [-0.15, -0.1) is 0 Å². The Bertz CT molecular complexity index is 478. The molecule has 0 atom stereocenters. The molecular weight excluding hydrogens is 236 g/mol. The van der Waals surface area contributed by atoms with Gasteiger partial charge in [0.2, 0.25) is 5.91 Å². The average Bonchev–Trinajstić information content (AvgIpc) is 2.85. The summed E-state index contributed by atoms with van der Waals surface area (Å²) in [6.07, 6.45) is 8.00. The van der Waals surface area contributed by atoms with Gasteiger partial charge in [-0.05, 0) is 36.8 Å². The van der Waals surface area contributed by atoms with E-state index in [0.29, 0.717) is 12.3 Å². The van der Waals surface area contributed by atoms with Crippen molar-refractivity contribution in [3.8, 4) is 0 Å². The number of hydrogen-bond acceptors (Lipinski definition) is 2. The minimum atomic E-state index is 0.267. The molecular formula is C16H22N2O. The predicted molar refractivity (Wildman–Crippen MR) is 78.1 cm³/mol. The summed E-state index contributed by atoms with van der Waals surface area (Å²) in [4.78, 5) is 14.4. The van der Waals surface area contributed by atoms with Crippen molar-refractivity contribution in [2.75, 3.05) is 17.2 Å². The van der Waals surface area contributed by atoms with E-state index in [9.17, 15) is 4.79 Å². The summed E-state index contributed by atoms with van der Waals surface area (Å²) in [5.74, 6) is 0.860. The van der Waals surface area contributed by atoms with Crippen LogP contribution in [0.15, 0.2) is 18.2 Å². The standard InChI is InChI=1S/C16H22N2O/c17-14-8-4-7-13-9-10-18(16(13)14)15(19)11-12-5-2-1-3-6-12/h4,7-8,12H,1-3,5-6,9-11,17H2. The number of rotatable bonds is 2. The number of nitrogens with two attached hydrogens (primary N) is 1. The van der Waals surface area contributed by atoms with Crippen molar-refractivity contribution >= 4 is 17.3 Å². The van der Waals surface area contributed by atoms with E-state index in [1.165, 1.54) is 37.7 Å². The van der Waals surface area contributed by atoms with Crippen molar-refractivity contribution < 1.29 is 4.79 Å². The molecule has 3 heteroatoms. The lowest BCUT2D eigenvalue weighted by atomic mass is 9.86. The molecule has 2 aliphatic rings. The summed E-state index contributed by atoms with van der Waals surface area (Å²) in [7, 11) is 0. The second kappa shape index (κ2) is 5.24. The topological polar surface area (TPSA) is 46.3 Å². The van der Waals surface area contributed by atoms with Gasteiger partial charge in [0.1, 0.15) is 0 Å². The molecule has 1 aromatic rings. The Morgan fingerprint density at radius 2 is 2.05 bits per heavy atom. The summed E-state index contributed by atoms with van der Waals surface area (Å²) in [6, 6.07) is 5.95. The molecule has 0 unspecified atom stereocenters. The Labute approximate surface area is 114 Å². The van der Waals surface area contributed by atoms with Gasteiger partial charge < -0.3 is 10.6 Å². The Balaban J connectivity index is 1.72. The number of para-hydroxylation sites is 1. The first-order valence-electron chi connectivity index (χ1n) is 7.43. The molecule has 1 aliphatic carbocycles. The number of nitrogens with zero attached hydrogens (tertiary/aromatic N) is 1. The zero-order valence-electron chi connectivity index (χ0n) is 11.4. The van der Waals surface area contributed by atoms with Crippen LogP contribution in [-0.4, -0.2) is 12.5 Å². The second-order valence-electron chi connectivity index (χ2n) is 5.86. The first-order valence-corrected chi connectivity index (χ1v) is 7.43. The van der Waals surface area contributed by atoms with Crippen LogP contribution in [-0.2, 0) is 11.2 Å². The number of carbonyl (C=O) groups excluding carboxylic acids is 1. The molecule has 0 radical (unpaired) electrons. The first kappa shape index (κ1) is 12.5. The van der Waals surface area contributed by atoms with E-state index in [0.717, 1.165) is 24.3 Å². The molecule has 1 heterocycles. The zero-order chi connectivity index (χ0) is 13.2. The van der Waals surface area contributed by atoms with Gasteiger partial charge in [-0.25, -0.2) is 0 Å². The quantitative estimate of drug-likeness (QED) is 0.828. The van der Waals surface area contributed by atoms with Crippen molar-refractivity contribution in [1.29, 1.82) is 0 Å². The first-order chi connectivity index (χ1) is 9.25. The maximum absolute atomic E-state index is 12.5. The normalized spacial score (nSPS) is 19.5. The fourth-order valence-electron chi connectivity index (χ4n) is 3.48. The predicted octanol–water partition coefficient (Wildman–Crippen LogP) is 3.13. The van der Waals surface area contributed by atoms with Crippen LogP contribution in [0.2, 0.25) is 0 Å². The highest BCUT2D eigenvalue weighted by molar-refractivity contribution is 5.98. The van der Waals surface area contributed by atoms with Crippen LogP contribution in [0.4, 0.5) is 11.4 Å². The van der Waals surface area contributed by atoms with E-state index in [1.54, 1.807) is 0 Å². The summed E-state index contributed by atoms with van der Waals surface area (Å²) in [5, 5.41) is 0. The molecule has 1 fully saturated rings. The van der Waals surface area contributed by atoms with Crippen molar-refractivity contribution in [1.82, 2.24) is 0 Å². The molecule has 19 heavy (non-hydrogen) atoms. The van der Waals surface area contributed by atoms with Crippen LogP contribution in [0, 0.1) is 5.92 Å². The lowest BCUT2D eigenvalue weighted by Gasteiger charge is -2.25. The van der Waals surface area contributed by atoms with Gasteiger partial charge in [0.25, 0.3) is 0 Å². The van der Waals surface area contributed by atoms with E-state index in [2.05, 4.69) is 6.07 Å². The Kier molecular flexibility index (Phi) is 3.45. The maximum Gasteiger partial charge on any atom is 0.227 e. The van der Waals surface area contributed by atoms with Crippen molar-refractivity contribution in [2.24, 2.45) is 5.92 Å². The van der Waals surface area contributed by atoms with Crippen LogP contribution < -0.4 is 10.6 Å². The lowest BCUT2D eigenvalue weighted by molar-refractivity contribution is -0.119. The highest BCUT2D eigenvalue weighted by Crippen LogP contribution is 2.35. The monoisotopic (exact) mass is 258 g/mol. The van der Waals surface area contributed by atoms with Gasteiger partial charge in [0, 0.05) is 13.0 Å². The molecule has 3 rings (SSSR count). The van der Waals surface area contributed by atoms with Crippen LogP contribution in [0.25, 0.3) is 0 Å². The summed E-state index contributed by atoms with van der Waals surface area (Å²) < 4.78 is 0. The van der Waals surface area contributed by atoms with Gasteiger partial charge in [0.15, 0.2) is 0 Å². The van der Waals surface area contributed by atoms with Crippen molar-refractivity contribution in [2.45, 2.75) is 44.9 Å². The van der Waals surface area contributed by atoms with Gasteiger partial charge in [-0.1, -0.05) is 31.4 Å². The summed E-state index contributed by atoms with van der Waals surface area (Å²) in [5.41, 5.74) is 8.98. The SMILES string of the molecule is Nc1cccc2c1N(C(=O)CC1CCCCC1)CC2. The van der Waals surface area contributed by atoms with Gasteiger partial charge in [0.05, 0.1) is 11.4 Å². The molecule has 1 saturated carbocycles. The number of carbonyl (C=O) groups is 1. The fraction of sp³-hybridized carbons (Fsp3) is 0.562. The minimum Gasteiger partial charge on any atom is -0.397 e. The van der Waals surface area contributed by atoms with Gasteiger partial charge in [-0.2, -0.15) is 0 Å². The molecule has 1 aromatic carbocycles. The third-order valence-corrected chi connectivity index (χ3v) is 4.51. The van der Waals surface area contributed by atoms with Crippen LogP contribution >= 0.6 is 0 Å². The number of nitrogen functional groups attached to an aromatic ring is 1. The van der Waals surface area contributed by atoms with E-state index >= 15 is 0 Å². The fourth-order valence-corrected chi connectivity index (χ4v) is 3.48. The number of fused-ring (bicyclic) bond motifs is 1. The highest BCUT2D eigenvalue weighted by atomic mass is 16.2. The summed E-state index contributed by atoms with van der Waals surface area (Å²) >= 11 is 0. The van der Waals surface area contributed by atoms with Crippen LogP contribution in [0.5, 0.6) is 0 Å². The van der Waals surface area contributed by atoms with Gasteiger partial charge in [-0.3, -0.25) is 4.79 Å². The maximum atomic E-state index is 12.5. The van der Waals surface area contributed by atoms with E-state index in [-0.39, 0.29) is 5.91 Å². The number of benzene rings is 1. The van der Waals surface area contributed by atoms with Gasteiger partial charge >= 0.3 is 0 Å². The number of amides is 1. The molecule has 0 bridgehead atoms.